The van der Waals surface area contributed by atoms with Crippen molar-refractivity contribution >= 4 is 12.4 Å². The van der Waals surface area contributed by atoms with E-state index in [0.29, 0.717) is 0 Å². The highest BCUT2D eigenvalue weighted by Crippen LogP contribution is 1.74. The Labute approximate surface area is 84.4 Å². The topological polar surface area (TPSA) is 24.7 Å². The van der Waals surface area contributed by atoms with E-state index in [0.717, 1.165) is 0 Å². The SMILES string of the molecule is C=C=C\C=C/C=N/N=C/C=C\C=C=C. The summed E-state index contributed by atoms with van der Waals surface area (Å²) in [4.78, 5) is 0. The van der Waals surface area contributed by atoms with E-state index in [4.69, 9.17) is 0 Å². The van der Waals surface area contributed by atoms with Crippen LogP contribution in [0.1, 0.15) is 0 Å². The Kier molecular flexibility index (Phi) is 9.20. The van der Waals surface area contributed by atoms with Crippen LogP contribution < -0.4 is 0 Å². The summed E-state index contributed by atoms with van der Waals surface area (Å²) in [6.45, 7) is 6.81. The van der Waals surface area contributed by atoms with Gasteiger partial charge in [0.25, 0.3) is 0 Å². The Morgan fingerprint density at radius 2 is 1.14 bits per heavy atom. The van der Waals surface area contributed by atoms with Crippen LogP contribution in [0.2, 0.25) is 0 Å². The van der Waals surface area contributed by atoms with Gasteiger partial charge in [-0.3, -0.25) is 0 Å². The quantitative estimate of drug-likeness (QED) is 0.272. The first-order chi connectivity index (χ1) is 6.91. The van der Waals surface area contributed by atoms with E-state index in [1.54, 1.807) is 48.9 Å². The molecule has 0 fully saturated rings. The van der Waals surface area contributed by atoms with Crippen molar-refractivity contribution in [3.05, 3.63) is 61.1 Å². The maximum absolute atomic E-state index is 3.73. The van der Waals surface area contributed by atoms with E-state index in [9.17, 15) is 0 Å². The number of nitrogens with zero attached hydrogens (tertiary/aromatic N) is 2. The van der Waals surface area contributed by atoms with Gasteiger partial charge in [0.1, 0.15) is 0 Å². The molecule has 0 rings (SSSR count). The van der Waals surface area contributed by atoms with E-state index in [-0.39, 0.29) is 0 Å². The Morgan fingerprint density at radius 1 is 0.714 bits per heavy atom. The fraction of sp³-hybridized carbons (Fsp3) is 0. The Hall–Kier alpha value is -2.14. The van der Waals surface area contributed by atoms with Gasteiger partial charge >= 0.3 is 0 Å². The number of hydrogen-bond donors (Lipinski definition) is 0. The van der Waals surface area contributed by atoms with E-state index in [2.05, 4.69) is 34.8 Å². The molecule has 0 bridgehead atoms. The molecule has 0 aliphatic carbocycles. The summed E-state index contributed by atoms with van der Waals surface area (Å²) < 4.78 is 0. The van der Waals surface area contributed by atoms with Gasteiger partial charge in [-0.2, -0.15) is 10.2 Å². The monoisotopic (exact) mass is 184 g/mol. The van der Waals surface area contributed by atoms with Gasteiger partial charge in [0.05, 0.1) is 0 Å². The van der Waals surface area contributed by atoms with Gasteiger partial charge in [-0.1, -0.05) is 25.3 Å². The average Bonchev–Trinajstić information content (AvgIpc) is 2.21. The molecule has 2 heteroatoms. The summed E-state index contributed by atoms with van der Waals surface area (Å²) in [5.74, 6) is 0. The largest absolute Gasteiger partial charge is 0.159 e. The van der Waals surface area contributed by atoms with Gasteiger partial charge < -0.3 is 0 Å². The van der Waals surface area contributed by atoms with Crippen molar-refractivity contribution in [3.8, 4) is 0 Å². The molecule has 0 heterocycles. The van der Waals surface area contributed by atoms with E-state index < -0.39 is 0 Å². The molecule has 2 nitrogen and oxygen atoms in total. The molecule has 0 saturated heterocycles. The third kappa shape index (κ3) is 9.86. The van der Waals surface area contributed by atoms with E-state index in [1.807, 2.05) is 0 Å². The van der Waals surface area contributed by atoms with Gasteiger partial charge in [0, 0.05) is 12.4 Å². The van der Waals surface area contributed by atoms with Crippen molar-refractivity contribution in [3.63, 3.8) is 0 Å². The van der Waals surface area contributed by atoms with Crippen molar-refractivity contribution in [1.82, 2.24) is 0 Å². The van der Waals surface area contributed by atoms with Crippen molar-refractivity contribution < 1.29 is 0 Å². The van der Waals surface area contributed by atoms with Crippen molar-refractivity contribution in [2.24, 2.45) is 10.2 Å². The second kappa shape index (κ2) is 10.9. The van der Waals surface area contributed by atoms with Gasteiger partial charge in [-0.05, 0) is 24.3 Å². The summed E-state index contributed by atoms with van der Waals surface area (Å²) in [6, 6.07) is 0. The molecular formula is C12H12N2. The third-order valence-corrected chi connectivity index (χ3v) is 1.02. The predicted octanol–water partition coefficient (Wildman–Crippen LogP) is 2.84. The first kappa shape index (κ1) is 11.9. The molecule has 0 unspecified atom stereocenters. The second-order valence-corrected chi connectivity index (χ2v) is 2.04. The first-order valence-electron chi connectivity index (χ1n) is 4.00. The smallest absolute Gasteiger partial charge is 0.0495 e. The lowest BCUT2D eigenvalue weighted by Crippen LogP contribution is -1.63. The molecular weight excluding hydrogens is 172 g/mol. The fourth-order valence-electron chi connectivity index (χ4n) is 0.501. The minimum Gasteiger partial charge on any atom is -0.159 e. The molecule has 0 amide bonds. The fourth-order valence-corrected chi connectivity index (χ4v) is 0.501. The zero-order chi connectivity index (χ0) is 10.5. The molecule has 0 radical (unpaired) electrons. The van der Waals surface area contributed by atoms with Crippen LogP contribution in [0.4, 0.5) is 0 Å². The maximum atomic E-state index is 3.73. The molecule has 0 saturated carbocycles. The zero-order valence-electron chi connectivity index (χ0n) is 7.93. The third-order valence-electron chi connectivity index (χ3n) is 1.02. The Morgan fingerprint density at radius 3 is 1.50 bits per heavy atom. The Balaban J connectivity index is 3.81. The highest BCUT2D eigenvalue weighted by Gasteiger charge is 1.62. The molecule has 14 heavy (non-hydrogen) atoms. The van der Waals surface area contributed by atoms with Gasteiger partial charge in [-0.15, -0.1) is 11.5 Å². The lowest BCUT2D eigenvalue weighted by molar-refractivity contribution is 1.27. The van der Waals surface area contributed by atoms with Crippen LogP contribution >= 0.6 is 0 Å². The Bertz CT molecular complexity index is 309. The molecule has 0 aromatic carbocycles. The highest BCUT2D eigenvalue weighted by molar-refractivity contribution is 5.74. The number of rotatable bonds is 5. The summed E-state index contributed by atoms with van der Waals surface area (Å²) in [7, 11) is 0. The normalized spacial score (nSPS) is 11.1. The standard InChI is InChI=1S/C12H12N2/c1-3-5-7-9-11-13-14-12-10-8-6-4-2/h5-12H,1-2H2/b9-7-,10-8-,13-11+,14-12+. The molecule has 0 aromatic heterocycles. The molecule has 70 valence electrons. The summed E-state index contributed by atoms with van der Waals surface area (Å²) in [5, 5.41) is 7.46. The lowest BCUT2D eigenvalue weighted by Gasteiger charge is -1.72. The number of allylic oxidation sites excluding steroid dienone is 6. The van der Waals surface area contributed by atoms with Crippen LogP contribution in [-0.4, -0.2) is 12.4 Å². The molecule has 0 atom stereocenters. The van der Waals surface area contributed by atoms with Crippen molar-refractivity contribution in [2.75, 3.05) is 0 Å². The summed E-state index contributed by atoms with van der Waals surface area (Å²) in [5.41, 5.74) is 5.21. The van der Waals surface area contributed by atoms with Gasteiger partial charge in [0.15, 0.2) is 0 Å². The van der Waals surface area contributed by atoms with Crippen LogP contribution in [0.25, 0.3) is 0 Å². The highest BCUT2D eigenvalue weighted by atomic mass is 15.2. The van der Waals surface area contributed by atoms with Crippen LogP contribution in [0.15, 0.2) is 71.3 Å². The minimum absolute atomic E-state index is 1.57. The van der Waals surface area contributed by atoms with Gasteiger partial charge in [-0.25, -0.2) is 0 Å². The van der Waals surface area contributed by atoms with Crippen LogP contribution in [0, 0.1) is 0 Å². The summed E-state index contributed by atoms with van der Waals surface area (Å²) in [6.07, 6.45) is 13.5. The maximum Gasteiger partial charge on any atom is 0.0495 e. The summed E-state index contributed by atoms with van der Waals surface area (Å²) >= 11 is 0. The molecule has 0 aromatic rings. The molecule has 0 spiro atoms. The first-order valence-corrected chi connectivity index (χ1v) is 4.00. The van der Waals surface area contributed by atoms with Crippen molar-refractivity contribution in [2.45, 2.75) is 0 Å². The van der Waals surface area contributed by atoms with Crippen LogP contribution in [-0.2, 0) is 0 Å². The molecule has 0 aliphatic rings. The van der Waals surface area contributed by atoms with Crippen LogP contribution in [0.5, 0.6) is 0 Å². The van der Waals surface area contributed by atoms with Crippen molar-refractivity contribution in [1.29, 1.82) is 0 Å². The number of hydrogen-bond acceptors (Lipinski definition) is 2. The lowest BCUT2D eigenvalue weighted by atomic mass is 10.5. The zero-order valence-corrected chi connectivity index (χ0v) is 7.93. The minimum atomic E-state index is 1.57. The van der Waals surface area contributed by atoms with Crippen LogP contribution in [0.3, 0.4) is 0 Å². The second-order valence-electron chi connectivity index (χ2n) is 2.04. The van der Waals surface area contributed by atoms with Gasteiger partial charge in [0.2, 0.25) is 0 Å². The molecule has 0 N–H and O–H groups in total. The molecule has 0 aliphatic heterocycles. The average molecular weight is 184 g/mol. The van der Waals surface area contributed by atoms with E-state index >= 15 is 0 Å². The predicted molar refractivity (Wildman–Crippen MR) is 62.7 cm³/mol. The van der Waals surface area contributed by atoms with E-state index in [1.165, 1.54) is 0 Å².